The first-order chi connectivity index (χ1) is 13.6. The molecule has 0 saturated carbocycles. The van der Waals surface area contributed by atoms with Crippen molar-refractivity contribution >= 4 is 23.4 Å². The van der Waals surface area contributed by atoms with Crippen molar-refractivity contribution in [2.75, 3.05) is 14.2 Å². The summed E-state index contributed by atoms with van der Waals surface area (Å²) in [5.41, 5.74) is 1.57. The Balaban J connectivity index is 0.00000136. The van der Waals surface area contributed by atoms with Crippen molar-refractivity contribution in [3.05, 3.63) is 75.8 Å². The van der Waals surface area contributed by atoms with Crippen LogP contribution in [0.2, 0.25) is 5.02 Å². The number of hydrogen-bond acceptors (Lipinski definition) is 5. The molecule has 148 valence electrons. The van der Waals surface area contributed by atoms with Gasteiger partial charge in [-0.05, 0) is 29.8 Å². The van der Waals surface area contributed by atoms with Crippen LogP contribution in [0.15, 0.2) is 64.7 Å². The molecule has 1 heterocycles. The van der Waals surface area contributed by atoms with Gasteiger partial charge in [-0.1, -0.05) is 49.3 Å². The number of hydrogen-bond donors (Lipinski definition) is 0. The Morgan fingerprint density at radius 2 is 1.71 bits per heavy atom. The Kier molecular flexibility index (Phi) is 8.42. The summed E-state index contributed by atoms with van der Waals surface area (Å²) in [5, 5.41) is 1.12. The zero-order valence-electron chi connectivity index (χ0n) is 16.3. The lowest BCUT2D eigenvalue weighted by molar-refractivity contribution is 0.355. The molecule has 0 bridgehead atoms. The molecule has 0 aliphatic heterocycles. The maximum atomic E-state index is 12.8. The van der Waals surface area contributed by atoms with Gasteiger partial charge in [0.05, 0.1) is 19.9 Å². The maximum absolute atomic E-state index is 12.8. The van der Waals surface area contributed by atoms with Gasteiger partial charge in [0.15, 0.2) is 16.5 Å². The molecule has 3 aromatic rings. The van der Waals surface area contributed by atoms with Gasteiger partial charge in [-0.2, -0.15) is 0 Å². The van der Waals surface area contributed by atoms with Crippen molar-refractivity contribution in [1.82, 2.24) is 9.55 Å². The van der Waals surface area contributed by atoms with Gasteiger partial charge in [-0.25, -0.2) is 4.98 Å². The van der Waals surface area contributed by atoms with Crippen molar-refractivity contribution in [2.24, 2.45) is 0 Å². The van der Waals surface area contributed by atoms with Crippen LogP contribution in [-0.4, -0.2) is 23.8 Å². The third-order valence-electron chi connectivity index (χ3n) is 3.74. The fourth-order valence-corrected chi connectivity index (χ4v) is 3.38. The van der Waals surface area contributed by atoms with Gasteiger partial charge in [0, 0.05) is 29.2 Å². The van der Waals surface area contributed by atoms with E-state index in [0.717, 1.165) is 5.56 Å². The monoisotopic (exact) mass is 418 g/mol. The molecular formula is C21H23ClN2O3S. The van der Waals surface area contributed by atoms with Crippen LogP contribution in [0.4, 0.5) is 0 Å². The first-order valence-electron chi connectivity index (χ1n) is 8.79. The van der Waals surface area contributed by atoms with Crippen LogP contribution in [0.3, 0.4) is 0 Å². The van der Waals surface area contributed by atoms with Gasteiger partial charge in [0.25, 0.3) is 5.56 Å². The molecule has 28 heavy (non-hydrogen) atoms. The van der Waals surface area contributed by atoms with Crippen molar-refractivity contribution in [3.63, 3.8) is 0 Å². The third-order valence-corrected chi connectivity index (χ3v) is 5.03. The molecule has 0 N–H and O–H groups in total. The number of ether oxygens (including phenoxy) is 2. The summed E-state index contributed by atoms with van der Waals surface area (Å²) in [6, 6.07) is 12.9. The molecule has 0 fully saturated rings. The summed E-state index contributed by atoms with van der Waals surface area (Å²) in [6.07, 6.45) is 3.25. The van der Waals surface area contributed by atoms with E-state index in [1.54, 1.807) is 49.4 Å². The van der Waals surface area contributed by atoms with E-state index in [1.165, 1.54) is 11.8 Å². The summed E-state index contributed by atoms with van der Waals surface area (Å²) in [4.78, 5) is 17.0. The molecule has 7 heteroatoms. The molecule has 1 aromatic heterocycles. The topological polar surface area (TPSA) is 53.4 Å². The average molecular weight is 419 g/mol. The number of halogens is 1. The van der Waals surface area contributed by atoms with E-state index in [4.69, 9.17) is 21.1 Å². The number of benzene rings is 2. The molecule has 0 spiro atoms. The zero-order chi connectivity index (χ0) is 20.5. The highest BCUT2D eigenvalue weighted by atomic mass is 35.5. The Bertz CT molecular complexity index is 959. The first kappa shape index (κ1) is 21.9. The minimum Gasteiger partial charge on any atom is -0.493 e. The van der Waals surface area contributed by atoms with E-state index in [0.29, 0.717) is 33.0 Å². The molecule has 0 aliphatic carbocycles. The molecule has 0 aliphatic rings. The highest BCUT2D eigenvalue weighted by Crippen LogP contribution is 2.29. The predicted molar refractivity (Wildman–Crippen MR) is 115 cm³/mol. The first-order valence-corrected chi connectivity index (χ1v) is 10.2. The molecule has 0 amide bonds. The molecule has 2 aromatic carbocycles. The quantitative estimate of drug-likeness (QED) is 0.513. The zero-order valence-corrected chi connectivity index (χ0v) is 17.9. The van der Waals surface area contributed by atoms with Crippen LogP contribution in [-0.2, 0) is 5.75 Å². The standard InChI is InChI=1S/C19H17ClN2O3S.C2H6/c1-24-16-8-7-15(11-17(16)25-2)22-10-9-21-18(19(22)23)26-12-13-3-5-14(20)6-4-13;1-2/h3-11H,12H2,1-2H3;1-2H3. The Hall–Kier alpha value is -2.44. The van der Waals surface area contributed by atoms with Gasteiger partial charge in [0.2, 0.25) is 0 Å². The summed E-state index contributed by atoms with van der Waals surface area (Å²) >= 11 is 7.29. The summed E-state index contributed by atoms with van der Waals surface area (Å²) < 4.78 is 12.1. The van der Waals surface area contributed by atoms with E-state index >= 15 is 0 Å². The Morgan fingerprint density at radius 3 is 2.36 bits per heavy atom. The number of aromatic nitrogens is 2. The number of rotatable bonds is 6. The molecule has 0 radical (unpaired) electrons. The predicted octanol–water partition coefficient (Wildman–Crippen LogP) is 5.22. The van der Waals surface area contributed by atoms with Crippen molar-refractivity contribution < 1.29 is 9.47 Å². The van der Waals surface area contributed by atoms with E-state index in [2.05, 4.69) is 4.98 Å². The Labute approximate surface area is 174 Å². The maximum Gasteiger partial charge on any atom is 0.287 e. The van der Waals surface area contributed by atoms with Gasteiger partial charge >= 0.3 is 0 Å². The molecule has 5 nitrogen and oxygen atoms in total. The van der Waals surface area contributed by atoms with E-state index in [1.807, 2.05) is 38.1 Å². The van der Waals surface area contributed by atoms with Crippen molar-refractivity contribution in [2.45, 2.75) is 24.6 Å². The molecular weight excluding hydrogens is 396 g/mol. The fraction of sp³-hybridized carbons (Fsp3) is 0.238. The second-order valence-corrected chi connectivity index (χ2v) is 6.76. The fourth-order valence-electron chi connectivity index (χ4n) is 2.40. The van der Waals surface area contributed by atoms with Crippen molar-refractivity contribution in [3.8, 4) is 17.2 Å². The average Bonchev–Trinajstić information content (AvgIpc) is 2.75. The van der Waals surface area contributed by atoms with Crippen LogP contribution < -0.4 is 15.0 Å². The van der Waals surface area contributed by atoms with Crippen molar-refractivity contribution in [1.29, 1.82) is 0 Å². The van der Waals surface area contributed by atoms with Crippen LogP contribution in [0.25, 0.3) is 5.69 Å². The lowest BCUT2D eigenvalue weighted by Gasteiger charge is -2.11. The van der Waals surface area contributed by atoms with Gasteiger partial charge in [-0.15, -0.1) is 0 Å². The minimum absolute atomic E-state index is 0.182. The molecule has 0 atom stereocenters. The molecule has 3 rings (SSSR count). The van der Waals surface area contributed by atoms with Gasteiger partial charge in [-0.3, -0.25) is 9.36 Å². The second-order valence-electron chi connectivity index (χ2n) is 5.36. The number of thioether (sulfide) groups is 1. The normalized spacial score (nSPS) is 10.0. The largest absolute Gasteiger partial charge is 0.493 e. The molecule has 0 unspecified atom stereocenters. The molecule has 0 saturated heterocycles. The van der Waals surface area contributed by atoms with Crippen LogP contribution >= 0.6 is 23.4 Å². The van der Waals surface area contributed by atoms with Crippen LogP contribution in [0, 0.1) is 0 Å². The smallest absolute Gasteiger partial charge is 0.287 e. The van der Waals surface area contributed by atoms with Crippen LogP contribution in [0.1, 0.15) is 19.4 Å². The highest BCUT2D eigenvalue weighted by molar-refractivity contribution is 7.98. The Morgan fingerprint density at radius 1 is 1.04 bits per heavy atom. The highest BCUT2D eigenvalue weighted by Gasteiger charge is 2.10. The lowest BCUT2D eigenvalue weighted by Crippen LogP contribution is -2.20. The minimum atomic E-state index is -0.182. The van der Waals surface area contributed by atoms with E-state index in [9.17, 15) is 4.79 Å². The SMILES string of the molecule is CC.COc1ccc(-n2ccnc(SCc3ccc(Cl)cc3)c2=O)cc1OC. The van der Waals surface area contributed by atoms with E-state index < -0.39 is 0 Å². The number of methoxy groups -OCH3 is 2. The summed E-state index contributed by atoms with van der Waals surface area (Å²) in [7, 11) is 3.13. The van der Waals surface area contributed by atoms with E-state index in [-0.39, 0.29) is 5.56 Å². The van der Waals surface area contributed by atoms with Gasteiger partial charge in [0.1, 0.15) is 0 Å². The van der Waals surface area contributed by atoms with Gasteiger partial charge < -0.3 is 9.47 Å². The summed E-state index contributed by atoms with van der Waals surface area (Å²) in [5.74, 6) is 1.80. The van der Waals surface area contributed by atoms with Crippen LogP contribution in [0.5, 0.6) is 11.5 Å². The summed E-state index contributed by atoms with van der Waals surface area (Å²) in [6.45, 7) is 4.00. The lowest BCUT2D eigenvalue weighted by atomic mass is 10.2. The third kappa shape index (κ3) is 5.30. The number of nitrogens with zero attached hydrogens (tertiary/aromatic N) is 2. The second kappa shape index (κ2) is 10.8.